The maximum atomic E-state index is 13.6. The maximum Gasteiger partial charge on any atom is 0.235 e. The topological polar surface area (TPSA) is 84.9 Å². The molecule has 8 heteroatoms. The van der Waals surface area contributed by atoms with E-state index in [1.165, 1.54) is 0 Å². The summed E-state index contributed by atoms with van der Waals surface area (Å²) >= 11 is 0. The lowest BCUT2D eigenvalue weighted by Crippen LogP contribution is -2.44. The second-order valence-electron chi connectivity index (χ2n) is 8.76. The van der Waals surface area contributed by atoms with Gasteiger partial charge in [0.1, 0.15) is 5.75 Å². The number of sulfonamides is 1. The molecule has 0 aromatic heterocycles. The van der Waals surface area contributed by atoms with Crippen LogP contribution in [0.25, 0.3) is 0 Å². The first-order chi connectivity index (χ1) is 15.9. The van der Waals surface area contributed by atoms with Gasteiger partial charge < -0.3 is 14.8 Å². The minimum absolute atomic E-state index is 0.0674. The van der Waals surface area contributed by atoms with Crippen molar-refractivity contribution in [3.8, 4) is 5.75 Å². The van der Waals surface area contributed by atoms with Crippen molar-refractivity contribution < 1.29 is 22.7 Å². The molecule has 2 heterocycles. The summed E-state index contributed by atoms with van der Waals surface area (Å²) in [6, 6.07) is 13.5. The Labute approximate surface area is 196 Å². The van der Waals surface area contributed by atoms with E-state index in [-0.39, 0.29) is 11.7 Å². The molecule has 1 N–H and O–H groups in total. The Kier molecular flexibility index (Phi) is 7.07. The third-order valence-corrected chi connectivity index (χ3v) is 8.74. The van der Waals surface area contributed by atoms with Crippen molar-refractivity contribution in [3.63, 3.8) is 0 Å². The first kappa shape index (κ1) is 23.7. The molecule has 0 aliphatic carbocycles. The minimum Gasteiger partial charge on any atom is -0.497 e. The number of fused-ring (bicyclic) bond motifs is 1. The van der Waals surface area contributed by atoms with E-state index in [1.54, 1.807) is 11.4 Å². The van der Waals surface area contributed by atoms with E-state index in [2.05, 4.69) is 5.32 Å². The molecule has 7 nitrogen and oxygen atoms in total. The van der Waals surface area contributed by atoms with E-state index >= 15 is 0 Å². The molecule has 0 unspecified atom stereocenters. The van der Waals surface area contributed by atoms with Gasteiger partial charge in [-0.05, 0) is 66.6 Å². The number of hydrogen-bond donors (Lipinski definition) is 1. The van der Waals surface area contributed by atoms with Crippen LogP contribution in [0.15, 0.2) is 42.5 Å². The summed E-state index contributed by atoms with van der Waals surface area (Å²) in [6.45, 7) is 3.76. The van der Waals surface area contributed by atoms with Crippen molar-refractivity contribution in [1.82, 2.24) is 4.31 Å². The highest BCUT2D eigenvalue weighted by Crippen LogP contribution is 2.37. The molecule has 2 aromatic rings. The lowest BCUT2D eigenvalue weighted by Gasteiger charge is -2.36. The summed E-state index contributed by atoms with van der Waals surface area (Å²) in [7, 11) is -1.64. The monoisotopic (exact) mass is 472 g/mol. The molecule has 2 aromatic carbocycles. The van der Waals surface area contributed by atoms with Crippen molar-refractivity contribution in [2.45, 2.75) is 44.6 Å². The van der Waals surface area contributed by atoms with E-state index in [9.17, 15) is 13.2 Å². The number of rotatable bonds is 7. The van der Waals surface area contributed by atoms with E-state index in [4.69, 9.17) is 9.47 Å². The van der Waals surface area contributed by atoms with E-state index in [1.807, 2.05) is 49.4 Å². The Bertz CT molecular complexity index is 1090. The Balaban J connectivity index is 1.57. The summed E-state index contributed by atoms with van der Waals surface area (Å²) in [5, 5.41) is 3.11. The van der Waals surface area contributed by atoms with Crippen LogP contribution in [0.3, 0.4) is 0 Å². The quantitative estimate of drug-likeness (QED) is 0.667. The zero-order valence-corrected chi connectivity index (χ0v) is 20.1. The number of carbonyl (C=O) groups is 1. The zero-order valence-electron chi connectivity index (χ0n) is 19.3. The average molecular weight is 473 g/mol. The first-order valence-electron chi connectivity index (χ1n) is 11.5. The number of ether oxygens (including phenoxy) is 2. The molecule has 2 aliphatic heterocycles. The molecule has 1 fully saturated rings. The summed E-state index contributed by atoms with van der Waals surface area (Å²) in [6.07, 6.45) is 2.47. The SMILES string of the molecule is CCCS(=O)(=O)N1CCc2ccc(NC(=O)C3(c4ccc(OC)cc4)CCOCC3)cc2C1. The van der Waals surface area contributed by atoms with Gasteiger partial charge in [-0.1, -0.05) is 25.1 Å². The predicted octanol–water partition coefficient (Wildman–Crippen LogP) is 3.48. The number of nitrogens with one attached hydrogen (secondary N) is 1. The van der Waals surface area contributed by atoms with Crippen molar-refractivity contribution >= 4 is 21.6 Å². The second kappa shape index (κ2) is 9.83. The lowest BCUT2D eigenvalue weighted by atomic mass is 9.73. The molecule has 33 heavy (non-hydrogen) atoms. The molecule has 4 rings (SSSR count). The van der Waals surface area contributed by atoms with Gasteiger partial charge in [0.15, 0.2) is 0 Å². The van der Waals surface area contributed by atoms with Gasteiger partial charge in [-0.15, -0.1) is 0 Å². The molecular formula is C25H32N2O5S. The lowest BCUT2D eigenvalue weighted by molar-refractivity contribution is -0.125. The fourth-order valence-corrected chi connectivity index (χ4v) is 6.24. The standard InChI is InChI=1S/C25H32N2O5S/c1-3-16-33(29,30)27-13-10-19-4-7-22(17-20(19)18-27)26-24(28)25(11-14-32-15-12-25)21-5-8-23(31-2)9-6-21/h4-9,17H,3,10-16,18H2,1-2H3,(H,26,28). The molecule has 1 amide bonds. The number of nitrogens with zero attached hydrogens (tertiary/aromatic N) is 1. The molecule has 0 bridgehead atoms. The number of benzene rings is 2. The largest absolute Gasteiger partial charge is 0.497 e. The van der Waals surface area contributed by atoms with Gasteiger partial charge in [0.2, 0.25) is 15.9 Å². The summed E-state index contributed by atoms with van der Waals surface area (Å²) in [5.74, 6) is 0.839. The van der Waals surface area contributed by atoms with Crippen LogP contribution in [0, 0.1) is 0 Å². The third-order valence-electron chi connectivity index (χ3n) is 6.72. The Morgan fingerprint density at radius 3 is 2.52 bits per heavy atom. The predicted molar refractivity (Wildman–Crippen MR) is 128 cm³/mol. The van der Waals surface area contributed by atoms with Gasteiger partial charge in [-0.2, -0.15) is 4.31 Å². The average Bonchev–Trinajstić information content (AvgIpc) is 2.84. The van der Waals surface area contributed by atoms with Crippen molar-refractivity contribution in [1.29, 1.82) is 0 Å². The van der Waals surface area contributed by atoms with Gasteiger partial charge in [0, 0.05) is 32.0 Å². The highest BCUT2D eigenvalue weighted by Gasteiger charge is 2.42. The number of amides is 1. The van der Waals surface area contributed by atoms with Crippen molar-refractivity contribution in [3.05, 3.63) is 59.2 Å². The molecule has 2 aliphatic rings. The maximum absolute atomic E-state index is 13.6. The van der Waals surface area contributed by atoms with Crippen molar-refractivity contribution in [2.24, 2.45) is 0 Å². The van der Waals surface area contributed by atoms with E-state index < -0.39 is 15.4 Å². The third kappa shape index (κ3) is 4.93. The van der Waals surface area contributed by atoms with Crippen LogP contribution in [-0.2, 0) is 37.9 Å². The van der Waals surface area contributed by atoms with E-state index in [0.717, 1.165) is 22.4 Å². The Morgan fingerprint density at radius 1 is 1.12 bits per heavy atom. The highest BCUT2D eigenvalue weighted by atomic mass is 32.2. The Hall–Kier alpha value is -2.42. The van der Waals surface area contributed by atoms with Crippen LogP contribution < -0.4 is 10.1 Å². The van der Waals surface area contributed by atoms with Crippen LogP contribution in [0.1, 0.15) is 42.9 Å². The van der Waals surface area contributed by atoms with Gasteiger partial charge >= 0.3 is 0 Å². The van der Waals surface area contributed by atoms with Crippen LogP contribution in [0.5, 0.6) is 5.75 Å². The normalized spacial score (nSPS) is 18.4. The molecule has 0 atom stereocenters. The summed E-state index contributed by atoms with van der Waals surface area (Å²) in [5.41, 5.74) is 3.03. The Morgan fingerprint density at radius 2 is 1.85 bits per heavy atom. The number of anilines is 1. The summed E-state index contributed by atoms with van der Waals surface area (Å²) in [4.78, 5) is 13.6. The molecule has 0 saturated carbocycles. The van der Waals surface area contributed by atoms with Crippen LogP contribution in [0.2, 0.25) is 0 Å². The molecule has 178 valence electrons. The van der Waals surface area contributed by atoms with Crippen molar-refractivity contribution in [2.75, 3.05) is 37.9 Å². The first-order valence-corrected chi connectivity index (χ1v) is 13.1. The van der Waals surface area contributed by atoms with E-state index in [0.29, 0.717) is 57.7 Å². The van der Waals surface area contributed by atoms with Gasteiger partial charge in [-0.25, -0.2) is 8.42 Å². The fraction of sp³-hybridized carbons (Fsp3) is 0.480. The molecule has 0 radical (unpaired) electrons. The fourth-order valence-electron chi connectivity index (χ4n) is 4.76. The minimum atomic E-state index is -3.26. The molecule has 0 spiro atoms. The highest BCUT2D eigenvalue weighted by molar-refractivity contribution is 7.89. The molecular weight excluding hydrogens is 440 g/mol. The smallest absolute Gasteiger partial charge is 0.235 e. The van der Waals surface area contributed by atoms with Crippen LogP contribution in [-0.4, -0.2) is 51.3 Å². The zero-order chi connectivity index (χ0) is 23.5. The van der Waals surface area contributed by atoms with Gasteiger partial charge in [0.05, 0.1) is 18.3 Å². The molecule has 1 saturated heterocycles. The van der Waals surface area contributed by atoms with Gasteiger partial charge in [0.25, 0.3) is 0 Å². The second-order valence-corrected chi connectivity index (χ2v) is 10.8. The number of methoxy groups -OCH3 is 1. The van der Waals surface area contributed by atoms with Gasteiger partial charge in [-0.3, -0.25) is 4.79 Å². The van der Waals surface area contributed by atoms with Crippen LogP contribution >= 0.6 is 0 Å². The number of hydrogen-bond acceptors (Lipinski definition) is 5. The number of carbonyl (C=O) groups excluding carboxylic acids is 1. The summed E-state index contributed by atoms with van der Waals surface area (Å²) < 4.78 is 37.5. The van der Waals surface area contributed by atoms with Crippen LogP contribution in [0.4, 0.5) is 5.69 Å².